The number of benzene rings is 2. The highest BCUT2D eigenvalue weighted by atomic mass is 35.5. The van der Waals surface area contributed by atoms with Crippen LogP contribution < -0.4 is 0 Å². The molecule has 0 spiro atoms. The van der Waals surface area contributed by atoms with E-state index in [1.807, 2.05) is 58.2 Å². The van der Waals surface area contributed by atoms with Crippen molar-refractivity contribution in [2.24, 2.45) is 0 Å². The average Bonchev–Trinajstić information content (AvgIpc) is 2.89. The van der Waals surface area contributed by atoms with Gasteiger partial charge in [0.15, 0.2) is 0 Å². The predicted molar refractivity (Wildman–Crippen MR) is 159 cm³/mol. The predicted octanol–water partition coefficient (Wildman–Crippen LogP) is 6.19. The zero-order valence-electron chi connectivity index (χ0n) is 23.9. The number of esters is 1. The molecule has 1 aliphatic rings. The van der Waals surface area contributed by atoms with Crippen LogP contribution in [0.5, 0.6) is 0 Å². The Bertz CT molecular complexity index is 1470. The van der Waals surface area contributed by atoms with Crippen molar-refractivity contribution in [3.63, 3.8) is 0 Å². The summed E-state index contributed by atoms with van der Waals surface area (Å²) in [6, 6.07) is 14.6. The molecule has 0 aliphatic carbocycles. The van der Waals surface area contributed by atoms with Crippen molar-refractivity contribution in [1.29, 1.82) is 0 Å². The molecule has 7 nitrogen and oxygen atoms in total. The summed E-state index contributed by atoms with van der Waals surface area (Å²) < 4.78 is 35.2. The molecule has 2 heterocycles. The second kappa shape index (κ2) is 12.4. The van der Waals surface area contributed by atoms with Crippen LogP contribution in [0.3, 0.4) is 0 Å². The minimum atomic E-state index is -3.84. The minimum Gasteiger partial charge on any atom is -0.460 e. The lowest BCUT2D eigenvalue weighted by molar-refractivity contribution is -0.155. The smallest absolute Gasteiger partial charge is 0.306 e. The van der Waals surface area contributed by atoms with Gasteiger partial charge in [-0.05, 0) is 99.7 Å². The molecule has 0 amide bonds. The minimum absolute atomic E-state index is 0.220. The van der Waals surface area contributed by atoms with Gasteiger partial charge in [0, 0.05) is 43.5 Å². The number of nitrogens with zero attached hydrogens (tertiary/aromatic N) is 3. The second-order valence-corrected chi connectivity index (χ2v) is 13.6. The van der Waals surface area contributed by atoms with Gasteiger partial charge in [-0.15, -0.1) is 0 Å². The Morgan fingerprint density at radius 3 is 2.58 bits per heavy atom. The van der Waals surface area contributed by atoms with Crippen LogP contribution in [0.25, 0.3) is 11.1 Å². The molecule has 1 unspecified atom stereocenters. The van der Waals surface area contributed by atoms with Crippen molar-refractivity contribution in [3.05, 3.63) is 82.6 Å². The lowest BCUT2D eigenvalue weighted by atomic mass is 9.97. The number of piperazine rings is 1. The number of ether oxygens (including phenoxy) is 1. The Morgan fingerprint density at radius 1 is 1.10 bits per heavy atom. The summed E-state index contributed by atoms with van der Waals surface area (Å²) in [5, 5.41) is 0.425. The van der Waals surface area contributed by atoms with Crippen LogP contribution in [0.15, 0.2) is 65.8 Å². The molecule has 1 aromatic heterocycles. The summed E-state index contributed by atoms with van der Waals surface area (Å²) in [6.45, 7) is 11.4. The molecular weight excluding hydrogens is 546 g/mol. The van der Waals surface area contributed by atoms with E-state index in [1.54, 1.807) is 35.6 Å². The van der Waals surface area contributed by atoms with Gasteiger partial charge in [0.2, 0.25) is 10.0 Å². The van der Waals surface area contributed by atoms with Crippen molar-refractivity contribution in [2.45, 2.75) is 64.0 Å². The van der Waals surface area contributed by atoms with Gasteiger partial charge in [-0.1, -0.05) is 35.9 Å². The van der Waals surface area contributed by atoms with E-state index in [2.05, 4.69) is 16.0 Å². The van der Waals surface area contributed by atoms with Gasteiger partial charge in [0.25, 0.3) is 0 Å². The molecule has 2 aromatic carbocycles. The number of hydrogen-bond donors (Lipinski definition) is 0. The van der Waals surface area contributed by atoms with E-state index in [1.165, 1.54) is 0 Å². The Kier molecular flexibility index (Phi) is 9.35. The van der Waals surface area contributed by atoms with Crippen molar-refractivity contribution in [1.82, 2.24) is 14.2 Å². The number of aromatic nitrogens is 1. The Labute approximate surface area is 243 Å². The summed E-state index contributed by atoms with van der Waals surface area (Å²) in [5.74, 6) is -0.220. The fourth-order valence-electron chi connectivity index (χ4n) is 5.13. The molecule has 1 saturated heterocycles. The van der Waals surface area contributed by atoms with E-state index in [0.717, 1.165) is 22.3 Å². The van der Waals surface area contributed by atoms with Gasteiger partial charge in [-0.3, -0.25) is 9.78 Å². The molecule has 0 radical (unpaired) electrons. The molecule has 4 rings (SSSR count). The van der Waals surface area contributed by atoms with Crippen molar-refractivity contribution in [3.8, 4) is 11.1 Å². The molecule has 3 aromatic rings. The summed E-state index contributed by atoms with van der Waals surface area (Å²) >= 11 is 6.33. The summed E-state index contributed by atoms with van der Waals surface area (Å²) in [6.07, 6.45) is 4.55. The van der Waals surface area contributed by atoms with Gasteiger partial charge in [-0.25, -0.2) is 8.42 Å². The van der Waals surface area contributed by atoms with Crippen LogP contribution in [0.4, 0.5) is 0 Å². The highest BCUT2D eigenvalue weighted by molar-refractivity contribution is 7.89. The van der Waals surface area contributed by atoms with E-state index in [4.69, 9.17) is 16.3 Å². The maximum Gasteiger partial charge on any atom is 0.306 e. The van der Waals surface area contributed by atoms with E-state index >= 15 is 0 Å². The third-order valence-corrected chi connectivity index (χ3v) is 9.56. The summed E-state index contributed by atoms with van der Waals surface area (Å²) in [4.78, 5) is 18.9. The Hall–Kier alpha value is -2.78. The lowest BCUT2D eigenvalue weighted by Gasteiger charge is -2.41. The first-order valence-electron chi connectivity index (χ1n) is 13.6. The quantitative estimate of drug-likeness (QED) is 0.294. The molecule has 1 aliphatic heterocycles. The number of halogens is 1. The standard InChI is InChI=1S/C31H38ClN3O4S/c1-22-20-33-15-14-26(22)24-9-6-10-25(19-24)28-21-34(16-8-13-30(36)39-31(3,4)5)17-18-35(28)40(37,38)29-12-7-11-27(32)23(29)2/h6-7,9-12,14-15,19-20,28H,8,13,16-18,21H2,1-5H3. The lowest BCUT2D eigenvalue weighted by Crippen LogP contribution is -2.50. The average molecular weight is 584 g/mol. The van der Waals surface area contributed by atoms with Gasteiger partial charge >= 0.3 is 5.97 Å². The molecule has 1 atom stereocenters. The van der Waals surface area contributed by atoms with Gasteiger partial charge < -0.3 is 9.64 Å². The molecule has 0 bridgehead atoms. The number of carbonyl (C=O) groups excluding carboxylic acids is 1. The number of carbonyl (C=O) groups is 1. The van der Waals surface area contributed by atoms with E-state index < -0.39 is 21.7 Å². The highest BCUT2D eigenvalue weighted by Crippen LogP contribution is 2.35. The van der Waals surface area contributed by atoms with Crippen LogP contribution in [-0.2, 0) is 19.6 Å². The zero-order chi connectivity index (χ0) is 29.1. The van der Waals surface area contributed by atoms with Crippen molar-refractivity contribution >= 4 is 27.6 Å². The molecule has 214 valence electrons. The van der Waals surface area contributed by atoms with Crippen molar-refractivity contribution in [2.75, 3.05) is 26.2 Å². The zero-order valence-corrected chi connectivity index (χ0v) is 25.4. The summed E-state index contributed by atoms with van der Waals surface area (Å²) in [5.41, 5.74) is 4.06. The molecule has 1 fully saturated rings. The third kappa shape index (κ3) is 7.10. The number of sulfonamides is 1. The van der Waals surface area contributed by atoms with E-state index in [0.29, 0.717) is 49.6 Å². The van der Waals surface area contributed by atoms with Crippen LogP contribution in [0.1, 0.15) is 56.3 Å². The number of aryl methyl sites for hydroxylation is 1. The largest absolute Gasteiger partial charge is 0.460 e. The van der Waals surface area contributed by atoms with Gasteiger partial charge in [0.1, 0.15) is 5.60 Å². The topological polar surface area (TPSA) is 79.8 Å². The normalized spacial score (nSPS) is 17.1. The maximum atomic E-state index is 14.1. The van der Waals surface area contributed by atoms with Crippen LogP contribution in [0, 0.1) is 13.8 Å². The number of hydrogen-bond acceptors (Lipinski definition) is 6. The Balaban J connectivity index is 1.64. The Morgan fingerprint density at radius 2 is 1.85 bits per heavy atom. The number of pyridine rings is 1. The van der Waals surface area contributed by atoms with Gasteiger partial charge in [-0.2, -0.15) is 4.31 Å². The van der Waals surface area contributed by atoms with Crippen LogP contribution in [0.2, 0.25) is 5.02 Å². The first-order chi connectivity index (χ1) is 18.9. The first-order valence-corrected chi connectivity index (χ1v) is 15.4. The number of rotatable bonds is 8. The van der Waals surface area contributed by atoms with E-state index in [9.17, 15) is 13.2 Å². The monoisotopic (exact) mass is 583 g/mol. The molecule has 40 heavy (non-hydrogen) atoms. The second-order valence-electron chi connectivity index (χ2n) is 11.3. The van der Waals surface area contributed by atoms with Crippen molar-refractivity contribution < 1.29 is 17.9 Å². The van der Waals surface area contributed by atoms with Crippen LogP contribution >= 0.6 is 11.6 Å². The SMILES string of the molecule is Cc1cnccc1-c1cccc(C2CN(CCCC(=O)OC(C)(C)C)CCN2S(=O)(=O)c2cccc(Cl)c2C)c1. The fourth-order valence-corrected chi connectivity index (χ4v) is 7.21. The molecule has 0 saturated carbocycles. The fraction of sp³-hybridized carbons (Fsp3) is 0.419. The van der Waals surface area contributed by atoms with Crippen LogP contribution in [-0.4, -0.2) is 60.4 Å². The van der Waals surface area contributed by atoms with E-state index in [-0.39, 0.29) is 10.9 Å². The molecule has 0 N–H and O–H groups in total. The van der Waals surface area contributed by atoms with Gasteiger partial charge in [0.05, 0.1) is 10.9 Å². The molecule has 9 heteroatoms. The maximum absolute atomic E-state index is 14.1. The highest BCUT2D eigenvalue weighted by Gasteiger charge is 2.38. The third-order valence-electron chi connectivity index (χ3n) is 7.10. The molecular formula is C31H38ClN3O4S. The first kappa shape index (κ1) is 30.2. The summed E-state index contributed by atoms with van der Waals surface area (Å²) in [7, 11) is -3.84.